The van der Waals surface area contributed by atoms with Gasteiger partial charge >= 0.3 is 0 Å². The van der Waals surface area contributed by atoms with Crippen molar-refractivity contribution in [1.29, 1.82) is 0 Å². The third kappa shape index (κ3) is 2.47. The minimum atomic E-state index is 0.0310. The summed E-state index contributed by atoms with van der Waals surface area (Å²) >= 11 is 1.15. The van der Waals surface area contributed by atoms with E-state index in [2.05, 4.69) is 9.59 Å². The van der Waals surface area contributed by atoms with E-state index in [4.69, 9.17) is 15.6 Å². The number of anilines is 1. The maximum absolute atomic E-state index is 8.87. The smallest absolute Gasteiger partial charge is 0.136 e. The molecule has 1 aromatic carbocycles. The Hall–Kier alpha value is -1.66. The van der Waals surface area contributed by atoms with Crippen molar-refractivity contribution in [2.24, 2.45) is 0 Å². The quantitative estimate of drug-likeness (QED) is 0.834. The molecule has 0 saturated carbocycles. The van der Waals surface area contributed by atoms with Gasteiger partial charge in [0.25, 0.3) is 0 Å². The molecule has 6 heteroatoms. The molecule has 2 aromatic rings. The van der Waals surface area contributed by atoms with Gasteiger partial charge in [0, 0.05) is 11.5 Å². The van der Waals surface area contributed by atoms with Crippen LogP contribution in [-0.4, -0.2) is 14.7 Å². The fraction of sp³-hybridized carbons (Fsp3) is 0.200. The van der Waals surface area contributed by atoms with Crippen molar-refractivity contribution < 1.29 is 9.84 Å². The molecule has 0 amide bonds. The van der Waals surface area contributed by atoms with Gasteiger partial charge in [-0.3, -0.25) is 0 Å². The molecular weight excluding hydrogens is 226 g/mol. The molecule has 0 fully saturated rings. The Morgan fingerprint density at radius 1 is 1.31 bits per heavy atom. The predicted molar refractivity (Wildman–Crippen MR) is 61.0 cm³/mol. The Bertz CT molecular complexity index is 455. The monoisotopic (exact) mass is 237 g/mol. The van der Waals surface area contributed by atoms with E-state index in [-0.39, 0.29) is 6.61 Å². The van der Waals surface area contributed by atoms with Crippen LogP contribution >= 0.6 is 11.5 Å². The number of benzene rings is 1. The van der Waals surface area contributed by atoms with Crippen LogP contribution in [-0.2, 0) is 13.2 Å². The minimum Gasteiger partial charge on any atom is -0.487 e. The van der Waals surface area contributed by atoms with E-state index in [9.17, 15) is 0 Å². The SMILES string of the molecule is Nc1snnc1COc1ccc(CO)cc1. The molecule has 1 aromatic heterocycles. The summed E-state index contributed by atoms with van der Waals surface area (Å²) in [5.41, 5.74) is 7.13. The summed E-state index contributed by atoms with van der Waals surface area (Å²) in [5.74, 6) is 0.713. The lowest BCUT2D eigenvalue weighted by Crippen LogP contribution is -1.99. The van der Waals surface area contributed by atoms with E-state index in [1.54, 1.807) is 24.3 Å². The van der Waals surface area contributed by atoms with E-state index in [1.807, 2.05) is 0 Å². The first kappa shape index (κ1) is 10.8. The van der Waals surface area contributed by atoms with Crippen LogP contribution in [0.5, 0.6) is 5.75 Å². The average Bonchev–Trinajstić information content (AvgIpc) is 2.73. The molecule has 1 heterocycles. The van der Waals surface area contributed by atoms with Crippen molar-refractivity contribution in [3.05, 3.63) is 35.5 Å². The number of nitrogen functional groups attached to an aromatic ring is 1. The van der Waals surface area contributed by atoms with Crippen LogP contribution in [0.1, 0.15) is 11.3 Å². The molecular formula is C10H11N3O2S. The number of aromatic nitrogens is 2. The fourth-order valence-electron chi connectivity index (χ4n) is 1.16. The number of aliphatic hydroxyl groups excluding tert-OH is 1. The molecule has 0 spiro atoms. The van der Waals surface area contributed by atoms with Gasteiger partial charge in [0.1, 0.15) is 23.1 Å². The molecule has 16 heavy (non-hydrogen) atoms. The van der Waals surface area contributed by atoms with Crippen LogP contribution in [0, 0.1) is 0 Å². The number of nitrogens with zero attached hydrogens (tertiary/aromatic N) is 2. The maximum atomic E-state index is 8.87. The molecule has 0 bridgehead atoms. The summed E-state index contributed by atoms with van der Waals surface area (Å²) in [6.07, 6.45) is 0. The van der Waals surface area contributed by atoms with Crippen LogP contribution in [0.4, 0.5) is 5.00 Å². The second-order valence-corrected chi connectivity index (χ2v) is 3.96. The lowest BCUT2D eigenvalue weighted by molar-refractivity contribution is 0.280. The van der Waals surface area contributed by atoms with E-state index in [1.165, 1.54) is 0 Å². The zero-order valence-corrected chi connectivity index (χ0v) is 9.28. The molecule has 0 aliphatic carbocycles. The van der Waals surface area contributed by atoms with Crippen LogP contribution in [0.2, 0.25) is 0 Å². The summed E-state index contributed by atoms with van der Waals surface area (Å²) in [5, 5.41) is 13.3. The normalized spacial score (nSPS) is 10.3. The zero-order valence-electron chi connectivity index (χ0n) is 8.46. The molecule has 0 aliphatic heterocycles. The summed E-state index contributed by atoms with van der Waals surface area (Å²) in [4.78, 5) is 0. The van der Waals surface area contributed by atoms with Gasteiger partial charge in [0.2, 0.25) is 0 Å². The summed E-state index contributed by atoms with van der Waals surface area (Å²) < 4.78 is 9.19. The van der Waals surface area contributed by atoms with Crippen molar-refractivity contribution in [2.45, 2.75) is 13.2 Å². The van der Waals surface area contributed by atoms with E-state index in [0.717, 1.165) is 17.1 Å². The average molecular weight is 237 g/mol. The van der Waals surface area contributed by atoms with Gasteiger partial charge < -0.3 is 15.6 Å². The number of aliphatic hydroxyl groups is 1. The van der Waals surface area contributed by atoms with Crippen molar-refractivity contribution in [2.75, 3.05) is 5.73 Å². The van der Waals surface area contributed by atoms with Crippen molar-refractivity contribution in [3.8, 4) is 5.75 Å². The molecule has 0 aliphatic rings. The standard InChI is InChI=1S/C10H11N3O2S/c11-10-9(12-13-16-10)6-15-8-3-1-7(5-14)2-4-8/h1-4,14H,5-6,11H2. The second-order valence-electron chi connectivity index (χ2n) is 3.17. The lowest BCUT2D eigenvalue weighted by Gasteiger charge is -2.04. The highest BCUT2D eigenvalue weighted by molar-refractivity contribution is 7.09. The number of rotatable bonds is 4. The molecule has 2 rings (SSSR count). The molecule has 0 unspecified atom stereocenters. The van der Waals surface area contributed by atoms with Crippen molar-refractivity contribution >= 4 is 16.5 Å². The largest absolute Gasteiger partial charge is 0.487 e. The van der Waals surface area contributed by atoms with E-state index >= 15 is 0 Å². The summed E-state index contributed by atoms with van der Waals surface area (Å²) in [7, 11) is 0. The third-order valence-electron chi connectivity index (χ3n) is 2.07. The van der Waals surface area contributed by atoms with E-state index in [0.29, 0.717) is 23.1 Å². The highest BCUT2D eigenvalue weighted by Gasteiger charge is 2.04. The van der Waals surface area contributed by atoms with Gasteiger partial charge in [-0.1, -0.05) is 16.6 Å². The van der Waals surface area contributed by atoms with Gasteiger partial charge in [-0.25, -0.2) is 0 Å². The number of hydrogen-bond acceptors (Lipinski definition) is 6. The topological polar surface area (TPSA) is 81.3 Å². The Balaban J connectivity index is 1.97. The van der Waals surface area contributed by atoms with Crippen molar-refractivity contribution in [1.82, 2.24) is 9.59 Å². The summed E-state index contributed by atoms with van der Waals surface area (Å²) in [6.45, 7) is 0.337. The number of nitrogens with two attached hydrogens (primary N) is 1. The van der Waals surface area contributed by atoms with Crippen LogP contribution in [0.15, 0.2) is 24.3 Å². The third-order valence-corrected chi connectivity index (χ3v) is 2.66. The van der Waals surface area contributed by atoms with Crippen LogP contribution in [0.3, 0.4) is 0 Å². The van der Waals surface area contributed by atoms with Gasteiger partial charge in [0.15, 0.2) is 0 Å². The number of hydrogen-bond donors (Lipinski definition) is 2. The molecule has 0 atom stereocenters. The molecule has 3 N–H and O–H groups in total. The Morgan fingerprint density at radius 3 is 2.62 bits per heavy atom. The first-order valence-electron chi connectivity index (χ1n) is 4.69. The zero-order chi connectivity index (χ0) is 11.4. The van der Waals surface area contributed by atoms with Gasteiger partial charge in [-0.15, -0.1) is 5.10 Å². The lowest BCUT2D eigenvalue weighted by atomic mass is 10.2. The molecule has 0 radical (unpaired) electrons. The maximum Gasteiger partial charge on any atom is 0.136 e. The molecule has 0 saturated heterocycles. The highest BCUT2D eigenvalue weighted by Crippen LogP contribution is 2.17. The van der Waals surface area contributed by atoms with Crippen LogP contribution < -0.4 is 10.5 Å². The first-order chi connectivity index (χ1) is 7.79. The Morgan fingerprint density at radius 2 is 2.06 bits per heavy atom. The number of ether oxygens (including phenoxy) is 1. The van der Waals surface area contributed by atoms with Gasteiger partial charge in [0.05, 0.1) is 6.61 Å². The van der Waals surface area contributed by atoms with Crippen LogP contribution in [0.25, 0.3) is 0 Å². The van der Waals surface area contributed by atoms with Crippen molar-refractivity contribution in [3.63, 3.8) is 0 Å². The van der Waals surface area contributed by atoms with E-state index < -0.39 is 0 Å². The second kappa shape index (κ2) is 4.91. The predicted octanol–water partition coefficient (Wildman–Crippen LogP) is 1.19. The van der Waals surface area contributed by atoms with Gasteiger partial charge in [-0.05, 0) is 17.7 Å². The molecule has 5 nitrogen and oxygen atoms in total. The fourth-order valence-corrected chi connectivity index (χ4v) is 1.59. The van der Waals surface area contributed by atoms with Gasteiger partial charge in [-0.2, -0.15) is 0 Å². The Kier molecular flexibility index (Phi) is 3.33. The highest BCUT2D eigenvalue weighted by atomic mass is 32.1. The molecule has 84 valence electrons. The Labute approximate surface area is 96.7 Å². The minimum absolute atomic E-state index is 0.0310. The first-order valence-corrected chi connectivity index (χ1v) is 5.46. The summed E-state index contributed by atoms with van der Waals surface area (Å²) in [6, 6.07) is 7.19.